The molecule has 1 aromatic heterocycles. The van der Waals surface area contributed by atoms with Crippen LogP contribution in [0.3, 0.4) is 0 Å². The molecule has 5 rings (SSSR count). The zero-order chi connectivity index (χ0) is 21.2. The molecule has 5 aromatic rings. The molecule has 4 aromatic carbocycles. The number of rotatable bonds is 4. The first-order chi connectivity index (χ1) is 15.2. The highest BCUT2D eigenvalue weighted by Gasteiger charge is 2.12. The van der Waals surface area contributed by atoms with E-state index in [-0.39, 0.29) is 6.03 Å². The average Bonchev–Trinajstić information content (AvgIpc) is 3.09. The van der Waals surface area contributed by atoms with Gasteiger partial charge in [-0.15, -0.1) is 0 Å². The highest BCUT2D eigenvalue weighted by Crippen LogP contribution is 2.31. The summed E-state index contributed by atoms with van der Waals surface area (Å²) >= 11 is 2.24. The number of nitrogens with one attached hydrogen (secondary N) is 2. The second-order valence-electron chi connectivity index (χ2n) is 7.41. The molecule has 4 nitrogen and oxygen atoms in total. The van der Waals surface area contributed by atoms with Crippen LogP contribution in [-0.2, 0) is 6.54 Å². The van der Waals surface area contributed by atoms with Crippen molar-refractivity contribution in [3.63, 3.8) is 0 Å². The molecule has 0 spiro atoms. The van der Waals surface area contributed by atoms with Crippen molar-refractivity contribution < 1.29 is 4.79 Å². The minimum Gasteiger partial charge on any atom is -0.336 e. The van der Waals surface area contributed by atoms with Gasteiger partial charge in [0.15, 0.2) is 0 Å². The molecule has 2 amide bonds. The van der Waals surface area contributed by atoms with Gasteiger partial charge in [0.25, 0.3) is 0 Å². The quantitative estimate of drug-likeness (QED) is 0.246. The Morgan fingerprint density at radius 2 is 1.35 bits per heavy atom. The number of benzene rings is 4. The normalized spacial score (nSPS) is 11.0. The zero-order valence-electron chi connectivity index (χ0n) is 16.7. The summed E-state index contributed by atoms with van der Waals surface area (Å²) < 4.78 is 3.45. The minimum atomic E-state index is -0.256. The fraction of sp³-hybridized carbons (Fsp3) is 0.0385. The summed E-state index contributed by atoms with van der Waals surface area (Å²) in [5, 5.41) is 8.14. The fourth-order valence-corrected chi connectivity index (χ4v) is 4.25. The summed E-state index contributed by atoms with van der Waals surface area (Å²) in [6.07, 6.45) is 0. The number of hydrogen-bond acceptors (Lipinski definition) is 1. The molecule has 0 aliphatic rings. The molecule has 0 saturated carbocycles. The van der Waals surface area contributed by atoms with Gasteiger partial charge in [0.1, 0.15) is 0 Å². The fourth-order valence-electron chi connectivity index (χ4n) is 3.89. The Morgan fingerprint density at radius 1 is 0.710 bits per heavy atom. The van der Waals surface area contributed by atoms with E-state index in [1.807, 2.05) is 42.5 Å². The van der Waals surface area contributed by atoms with Crippen LogP contribution >= 0.6 is 22.6 Å². The van der Waals surface area contributed by atoms with Crippen LogP contribution in [0.15, 0.2) is 97.1 Å². The molecular formula is C26H20IN3O. The summed E-state index contributed by atoms with van der Waals surface area (Å²) in [6.45, 7) is 0.797. The molecular weight excluding hydrogens is 497 g/mol. The molecule has 0 fully saturated rings. The van der Waals surface area contributed by atoms with Gasteiger partial charge in [0, 0.05) is 43.3 Å². The Labute approximate surface area is 194 Å². The molecule has 0 bridgehead atoms. The molecule has 0 unspecified atom stereocenters. The van der Waals surface area contributed by atoms with E-state index in [2.05, 4.69) is 92.4 Å². The Hall–Kier alpha value is -3.32. The largest absolute Gasteiger partial charge is 0.336 e. The summed E-state index contributed by atoms with van der Waals surface area (Å²) in [4.78, 5) is 12.5. The second-order valence-corrected chi connectivity index (χ2v) is 8.65. The van der Waals surface area contributed by atoms with Crippen LogP contribution in [0, 0.1) is 3.57 Å². The van der Waals surface area contributed by atoms with Gasteiger partial charge in [-0.3, -0.25) is 0 Å². The van der Waals surface area contributed by atoms with Crippen LogP contribution in [0.4, 0.5) is 16.2 Å². The lowest BCUT2D eigenvalue weighted by atomic mass is 10.1. The topological polar surface area (TPSA) is 46.1 Å². The van der Waals surface area contributed by atoms with Crippen molar-refractivity contribution in [1.82, 2.24) is 4.57 Å². The first-order valence-electron chi connectivity index (χ1n) is 10.1. The number of aromatic nitrogens is 1. The first-order valence-corrected chi connectivity index (χ1v) is 11.1. The van der Waals surface area contributed by atoms with E-state index < -0.39 is 0 Å². The highest BCUT2D eigenvalue weighted by atomic mass is 127. The SMILES string of the molecule is O=C(Nc1ccc(I)cc1)Nc1ccc2c(c1)c1ccccc1n2Cc1ccccc1. The molecule has 0 radical (unpaired) electrons. The predicted molar refractivity (Wildman–Crippen MR) is 137 cm³/mol. The van der Waals surface area contributed by atoms with Crippen molar-refractivity contribution in [2.45, 2.75) is 6.54 Å². The first kappa shape index (κ1) is 19.6. The van der Waals surface area contributed by atoms with Crippen molar-refractivity contribution in [3.8, 4) is 0 Å². The highest BCUT2D eigenvalue weighted by molar-refractivity contribution is 14.1. The third-order valence-electron chi connectivity index (χ3n) is 5.32. The monoisotopic (exact) mass is 517 g/mol. The summed E-state index contributed by atoms with van der Waals surface area (Å²) in [5.41, 5.74) is 5.11. The smallest absolute Gasteiger partial charge is 0.323 e. The number of hydrogen-bond donors (Lipinski definition) is 2. The number of carbonyl (C=O) groups excluding carboxylic acids is 1. The summed E-state index contributed by atoms with van der Waals surface area (Å²) in [7, 11) is 0. The van der Waals surface area contributed by atoms with E-state index in [1.165, 1.54) is 16.5 Å². The van der Waals surface area contributed by atoms with E-state index in [0.29, 0.717) is 0 Å². The van der Waals surface area contributed by atoms with Crippen LogP contribution in [0.25, 0.3) is 21.8 Å². The lowest BCUT2D eigenvalue weighted by Crippen LogP contribution is -2.19. The maximum absolute atomic E-state index is 12.5. The van der Waals surface area contributed by atoms with Crippen molar-refractivity contribution >= 4 is 61.8 Å². The third kappa shape index (κ3) is 4.14. The van der Waals surface area contributed by atoms with Crippen molar-refractivity contribution in [2.24, 2.45) is 0 Å². The number of anilines is 2. The number of nitrogens with zero attached hydrogens (tertiary/aromatic N) is 1. The molecule has 0 aliphatic heterocycles. The number of para-hydroxylation sites is 1. The van der Waals surface area contributed by atoms with Crippen LogP contribution in [0.5, 0.6) is 0 Å². The van der Waals surface area contributed by atoms with Crippen molar-refractivity contribution in [3.05, 3.63) is 106 Å². The third-order valence-corrected chi connectivity index (χ3v) is 6.04. The van der Waals surface area contributed by atoms with Crippen LogP contribution in [-0.4, -0.2) is 10.6 Å². The number of halogens is 1. The molecule has 1 heterocycles. The van der Waals surface area contributed by atoms with Crippen LogP contribution in [0.1, 0.15) is 5.56 Å². The maximum atomic E-state index is 12.5. The molecule has 2 N–H and O–H groups in total. The number of amides is 2. The van der Waals surface area contributed by atoms with E-state index in [9.17, 15) is 4.79 Å². The molecule has 31 heavy (non-hydrogen) atoms. The van der Waals surface area contributed by atoms with E-state index in [1.54, 1.807) is 0 Å². The van der Waals surface area contributed by atoms with Gasteiger partial charge in [-0.1, -0.05) is 48.5 Å². The van der Waals surface area contributed by atoms with E-state index >= 15 is 0 Å². The lowest BCUT2D eigenvalue weighted by Gasteiger charge is -2.10. The Bertz CT molecular complexity index is 1380. The molecule has 152 valence electrons. The molecule has 5 heteroatoms. The van der Waals surface area contributed by atoms with Gasteiger partial charge in [-0.05, 0) is 76.7 Å². The Morgan fingerprint density at radius 3 is 2.16 bits per heavy atom. The van der Waals surface area contributed by atoms with Gasteiger partial charge in [-0.25, -0.2) is 4.79 Å². The maximum Gasteiger partial charge on any atom is 0.323 e. The molecule has 0 saturated heterocycles. The van der Waals surface area contributed by atoms with Crippen molar-refractivity contribution in [2.75, 3.05) is 10.6 Å². The Kier molecular flexibility index (Phi) is 5.34. The number of carbonyl (C=O) groups is 1. The standard InChI is InChI=1S/C26H20IN3O/c27-19-10-12-20(13-11-19)28-26(31)29-21-14-15-25-23(16-21)22-8-4-5-9-24(22)30(25)17-18-6-2-1-3-7-18/h1-16H,17H2,(H2,28,29,31). The Balaban J connectivity index is 1.47. The van der Waals surface area contributed by atoms with Crippen LogP contribution < -0.4 is 10.6 Å². The average molecular weight is 517 g/mol. The van der Waals surface area contributed by atoms with Gasteiger partial charge < -0.3 is 15.2 Å². The molecule has 0 atom stereocenters. The number of fused-ring (bicyclic) bond motifs is 3. The lowest BCUT2D eigenvalue weighted by molar-refractivity contribution is 0.262. The summed E-state index contributed by atoms with van der Waals surface area (Å²) in [5.74, 6) is 0. The van der Waals surface area contributed by atoms with Crippen molar-refractivity contribution in [1.29, 1.82) is 0 Å². The van der Waals surface area contributed by atoms with Gasteiger partial charge in [0.05, 0.1) is 0 Å². The van der Waals surface area contributed by atoms with Gasteiger partial charge >= 0.3 is 6.03 Å². The van der Waals surface area contributed by atoms with Crippen LogP contribution in [0.2, 0.25) is 0 Å². The number of urea groups is 1. The van der Waals surface area contributed by atoms with E-state index in [0.717, 1.165) is 32.4 Å². The zero-order valence-corrected chi connectivity index (χ0v) is 18.8. The van der Waals surface area contributed by atoms with Gasteiger partial charge in [0.2, 0.25) is 0 Å². The minimum absolute atomic E-state index is 0.256. The second kappa shape index (κ2) is 8.43. The van der Waals surface area contributed by atoms with Gasteiger partial charge in [-0.2, -0.15) is 0 Å². The predicted octanol–water partition coefficient (Wildman–Crippen LogP) is 7.09. The van der Waals surface area contributed by atoms with E-state index in [4.69, 9.17) is 0 Å². The summed E-state index contributed by atoms with van der Waals surface area (Å²) in [6, 6.07) is 32.4. The molecule has 0 aliphatic carbocycles.